The van der Waals surface area contributed by atoms with Crippen LogP contribution in [0.25, 0.3) is 11.1 Å². The van der Waals surface area contributed by atoms with Gasteiger partial charge in [-0.2, -0.15) is 5.26 Å². The van der Waals surface area contributed by atoms with E-state index in [4.69, 9.17) is 24.2 Å². The first-order chi connectivity index (χ1) is 18.9. The minimum absolute atomic E-state index is 0.0703. The van der Waals surface area contributed by atoms with Gasteiger partial charge in [-0.05, 0) is 66.1 Å². The number of amides is 1. The molecule has 2 unspecified atom stereocenters. The summed E-state index contributed by atoms with van der Waals surface area (Å²) in [4.78, 5) is 27.0. The number of carbonyl (C=O) groups is 2. The third kappa shape index (κ3) is 5.50. The smallest absolute Gasteiger partial charge is 0.341 e. The molecule has 0 spiro atoms. The molecule has 3 aromatic rings. The molecule has 2 aliphatic heterocycles. The molecule has 9 nitrogen and oxygen atoms in total. The lowest BCUT2D eigenvalue weighted by Gasteiger charge is -2.36. The van der Waals surface area contributed by atoms with E-state index >= 15 is 0 Å². The first-order valence-corrected chi connectivity index (χ1v) is 12.3. The molecule has 3 aromatic carbocycles. The van der Waals surface area contributed by atoms with Gasteiger partial charge in [-0.15, -0.1) is 0 Å². The molecule has 9 heteroatoms. The highest BCUT2D eigenvalue weighted by molar-refractivity contribution is 5.94. The molecular weight excluding hydrogens is 500 g/mol. The fraction of sp³-hybridized carbons (Fsp3) is 0.233. The van der Waals surface area contributed by atoms with Crippen LogP contribution < -0.4 is 9.47 Å². The molecule has 1 N–H and O–H groups in total. The lowest BCUT2D eigenvalue weighted by molar-refractivity contribution is -0.217. The monoisotopic (exact) mass is 526 g/mol. The van der Waals surface area contributed by atoms with Crippen LogP contribution in [0.5, 0.6) is 11.5 Å². The number of rotatable bonds is 7. The van der Waals surface area contributed by atoms with Gasteiger partial charge < -0.3 is 29.0 Å². The van der Waals surface area contributed by atoms with Gasteiger partial charge in [0.15, 0.2) is 0 Å². The van der Waals surface area contributed by atoms with Crippen LogP contribution in [0.3, 0.4) is 0 Å². The van der Waals surface area contributed by atoms with Crippen LogP contribution in [0, 0.1) is 16.7 Å². The van der Waals surface area contributed by atoms with Crippen LogP contribution in [0.1, 0.15) is 22.3 Å². The number of ether oxygens (including phenoxy) is 4. The summed E-state index contributed by atoms with van der Waals surface area (Å²) in [6, 6.07) is 23.7. The zero-order valence-electron chi connectivity index (χ0n) is 21.2. The minimum atomic E-state index is -1.14. The molecule has 2 heterocycles. The van der Waals surface area contributed by atoms with E-state index < -0.39 is 23.6 Å². The number of benzene rings is 3. The predicted octanol–water partition coefficient (Wildman–Crippen LogP) is 4.44. The Balaban J connectivity index is 1.33. The number of aliphatic hydroxyl groups is 1. The Morgan fingerprint density at radius 2 is 1.67 bits per heavy atom. The van der Waals surface area contributed by atoms with Crippen molar-refractivity contribution in [2.75, 3.05) is 26.8 Å². The maximum absolute atomic E-state index is 13.2. The van der Waals surface area contributed by atoms with E-state index in [0.29, 0.717) is 35.6 Å². The summed E-state index contributed by atoms with van der Waals surface area (Å²) in [5, 5.41) is 19.0. The van der Waals surface area contributed by atoms with Gasteiger partial charge in [0.2, 0.25) is 0 Å². The molecule has 39 heavy (non-hydrogen) atoms. The Labute approximate surface area is 225 Å². The lowest BCUT2D eigenvalue weighted by atomic mass is 9.86. The largest absolute Gasteiger partial charge is 0.497 e. The van der Waals surface area contributed by atoms with Gasteiger partial charge in [0.05, 0.1) is 24.2 Å². The molecule has 2 aliphatic rings. The zero-order chi connectivity index (χ0) is 27.4. The fourth-order valence-electron chi connectivity index (χ4n) is 4.73. The van der Waals surface area contributed by atoms with E-state index in [-0.39, 0.29) is 19.1 Å². The molecule has 198 valence electrons. The second-order valence-electron chi connectivity index (χ2n) is 9.44. The summed E-state index contributed by atoms with van der Waals surface area (Å²) in [6.45, 7) is 0.640. The molecule has 1 saturated heterocycles. The average molecular weight is 527 g/mol. The van der Waals surface area contributed by atoms with Crippen LogP contribution in [0.2, 0.25) is 0 Å². The third-order valence-electron chi connectivity index (χ3n) is 6.93. The Morgan fingerprint density at radius 1 is 1.03 bits per heavy atom. The van der Waals surface area contributed by atoms with E-state index in [0.717, 1.165) is 17.2 Å². The molecule has 0 radical (unpaired) electrons. The van der Waals surface area contributed by atoms with Gasteiger partial charge in [-0.25, -0.2) is 4.79 Å². The molecule has 5 rings (SSSR count). The van der Waals surface area contributed by atoms with Crippen molar-refractivity contribution in [1.29, 1.82) is 5.26 Å². The number of hydrogen-bond donors (Lipinski definition) is 1. The first-order valence-electron chi connectivity index (χ1n) is 12.3. The Hall–Kier alpha value is -4.97. The number of cyclic esters (lactones) is 1. The number of likely N-dealkylation sites (tertiary alicyclic amines) is 1. The molecule has 1 fully saturated rings. The topological polar surface area (TPSA) is 118 Å². The van der Waals surface area contributed by atoms with Crippen LogP contribution in [0.15, 0.2) is 84.8 Å². The number of nitrogens with zero attached hydrogens (tertiary/aromatic N) is 2. The van der Waals surface area contributed by atoms with Gasteiger partial charge in [0, 0.05) is 18.7 Å². The van der Waals surface area contributed by atoms with E-state index in [9.17, 15) is 14.7 Å². The van der Waals surface area contributed by atoms with Gasteiger partial charge in [-0.1, -0.05) is 24.3 Å². The summed E-state index contributed by atoms with van der Waals surface area (Å²) in [5.74, 6) is -0.232. The molecular formula is C30H26N2O7. The first kappa shape index (κ1) is 25.7. The fourth-order valence-corrected chi connectivity index (χ4v) is 4.73. The van der Waals surface area contributed by atoms with Crippen LogP contribution in [-0.4, -0.2) is 55.0 Å². The van der Waals surface area contributed by atoms with Crippen molar-refractivity contribution in [3.05, 3.63) is 95.9 Å². The summed E-state index contributed by atoms with van der Waals surface area (Å²) in [6.07, 6.45) is 0.146. The number of esters is 1. The highest BCUT2D eigenvalue weighted by atomic mass is 16.7. The third-order valence-corrected chi connectivity index (χ3v) is 6.93. The van der Waals surface area contributed by atoms with E-state index in [2.05, 4.69) is 6.07 Å². The summed E-state index contributed by atoms with van der Waals surface area (Å²) in [7, 11) is 1.56. The zero-order valence-corrected chi connectivity index (χ0v) is 21.2. The van der Waals surface area contributed by atoms with Crippen molar-refractivity contribution in [2.45, 2.75) is 12.7 Å². The van der Waals surface area contributed by atoms with Gasteiger partial charge in [0.25, 0.3) is 18.1 Å². The Kier molecular flexibility index (Phi) is 7.10. The predicted molar refractivity (Wildman–Crippen MR) is 140 cm³/mol. The number of aliphatic hydroxyl groups excluding tert-OH is 1. The van der Waals surface area contributed by atoms with Gasteiger partial charge in [0.1, 0.15) is 24.2 Å². The molecule has 0 aromatic heterocycles. The van der Waals surface area contributed by atoms with Crippen molar-refractivity contribution in [1.82, 2.24) is 4.90 Å². The van der Waals surface area contributed by atoms with Crippen LogP contribution in [0.4, 0.5) is 0 Å². The summed E-state index contributed by atoms with van der Waals surface area (Å²) in [5.41, 5.74) is 2.08. The number of carbonyl (C=O) groups excluding carboxylic acids is 2. The average Bonchev–Trinajstić information content (AvgIpc) is 3.41. The van der Waals surface area contributed by atoms with Crippen molar-refractivity contribution >= 4 is 11.9 Å². The maximum Gasteiger partial charge on any atom is 0.341 e. The SMILES string of the molecule is COc1ccc(C(=O)N2CCC(COc3ccc(-c4ccc(C#N)cc4)cc3)(C3OC(=O)C=C(O)O3)C2)cc1. The second-order valence-corrected chi connectivity index (χ2v) is 9.44. The normalized spacial score (nSPS) is 20.3. The second kappa shape index (κ2) is 10.8. The van der Waals surface area contributed by atoms with Gasteiger partial charge in [-0.3, -0.25) is 4.79 Å². The minimum Gasteiger partial charge on any atom is -0.497 e. The molecule has 0 aliphatic carbocycles. The summed E-state index contributed by atoms with van der Waals surface area (Å²) < 4.78 is 22.3. The number of methoxy groups -OCH3 is 1. The maximum atomic E-state index is 13.2. The number of nitriles is 1. The highest BCUT2D eigenvalue weighted by Crippen LogP contribution is 2.40. The van der Waals surface area contributed by atoms with E-state index in [1.54, 1.807) is 48.4 Å². The molecule has 2 atom stereocenters. The van der Waals surface area contributed by atoms with Crippen molar-refractivity contribution in [2.24, 2.45) is 5.41 Å². The standard InChI is InChI=1S/C30H26N2O7/c1-36-24-10-8-23(9-11-24)28(35)32-15-14-30(18-32,29-38-26(33)16-27(34)39-29)19-37-25-12-6-22(7-13-25)21-4-2-20(17-31)3-5-21/h2-13,16,29,33H,14-15,18-19H2,1H3. The lowest BCUT2D eigenvalue weighted by Crippen LogP contribution is -2.48. The van der Waals surface area contributed by atoms with Crippen molar-refractivity contribution in [3.63, 3.8) is 0 Å². The highest BCUT2D eigenvalue weighted by Gasteiger charge is 2.52. The van der Waals surface area contributed by atoms with Gasteiger partial charge >= 0.3 is 5.97 Å². The molecule has 1 amide bonds. The molecule has 0 saturated carbocycles. The quantitative estimate of drug-likeness (QED) is 0.449. The summed E-state index contributed by atoms with van der Waals surface area (Å²) >= 11 is 0. The molecule has 0 bridgehead atoms. The van der Waals surface area contributed by atoms with Crippen LogP contribution >= 0.6 is 0 Å². The van der Waals surface area contributed by atoms with Crippen molar-refractivity contribution in [3.8, 4) is 28.7 Å². The number of hydrogen-bond acceptors (Lipinski definition) is 8. The van der Waals surface area contributed by atoms with E-state index in [1.807, 2.05) is 36.4 Å². The van der Waals surface area contributed by atoms with Crippen LogP contribution in [-0.2, 0) is 14.3 Å². The van der Waals surface area contributed by atoms with Crippen molar-refractivity contribution < 1.29 is 33.6 Å². The Bertz CT molecular complexity index is 1430. The Morgan fingerprint density at radius 3 is 2.28 bits per heavy atom. The van der Waals surface area contributed by atoms with E-state index in [1.165, 1.54) is 0 Å².